The van der Waals surface area contributed by atoms with Gasteiger partial charge in [0.05, 0.1) is 24.8 Å². The standard InChI is InChI=1S/C18H21ClN4O2/c1-4-25-17-14(19)9-13(10-15(17)24-3)11-20-12(2)18-22-21-16-7-5-6-8-23(16)18/h5-10,12,20H,4,11H2,1-3H3/t12-/m0/s1. The molecule has 0 radical (unpaired) electrons. The van der Waals surface area contributed by atoms with Gasteiger partial charge in [-0.25, -0.2) is 0 Å². The average Bonchev–Trinajstić information content (AvgIpc) is 3.05. The lowest BCUT2D eigenvalue weighted by molar-refractivity contribution is 0.311. The van der Waals surface area contributed by atoms with Crippen LogP contribution in [0.3, 0.4) is 0 Å². The number of fused-ring (bicyclic) bond motifs is 1. The fraction of sp³-hybridized carbons (Fsp3) is 0.333. The monoisotopic (exact) mass is 360 g/mol. The molecular weight excluding hydrogens is 340 g/mol. The number of ether oxygens (including phenoxy) is 2. The predicted octanol–water partition coefficient (Wildman–Crippen LogP) is 3.64. The summed E-state index contributed by atoms with van der Waals surface area (Å²) in [6, 6.07) is 9.67. The molecule has 0 aliphatic heterocycles. The molecule has 0 saturated carbocycles. The van der Waals surface area contributed by atoms with E-state index in [2.05, 4.69) is 22.4 Å². The van der Waals surface area contributed by atoms with E-state index in [9.17, 15) is 0 Å². The molecule has 3 aromatic rings. The molecule has 0 fully saturated rings. The zero-order valence-electron chi connectivity index (χ0n) is 14.5. The minimum absolute atomic E-state index is 0.0220. The number of nitrogens with one attached hydrogen (secondary N) is 1. The first-order valence-electron chi connectivity index (χ1n) is 8.16. The Morgan fingerprint density at radius 3 is 2.88 bits per heavy atom. The SMILES string of the molecule is CCOc1c(Cl)cc(CN[C@@H](C)c2nnc3ccccn23)cc1OC. The van der Waals surface area contributed by atoms with Crippen molar-refractivity contribution in [1.82, 2.24) is 19.9 Å². The van der Waals surface area contributed by atoms with Gasteiger partial charge in [-0.05, 0) is 43.7 Å². The summed E-state index contributed by atoms with van der Waals surface area (Å²) in [5, 5.41) is 12.4. The topological polar surface area (TPSA) is 60.7 Å². The van der Waals surface area contributed by atoms with Crippen molar-refractivity contribution >= 4 is 17.2 Å². The average molecular weight is 361 g/mol. The van der Waals surface area contributed by atoms with Crippen molar-refractivity contribution in [3.63, 3.8) is 0 Å². The lowest BCUT2D eigenvalue weighted by Gasteiger charge is -2.15. The van der Waals surface area contributed by atoms with E-state index in [1.54, 1.807) is 7.11 Å². The second-order valence-corrected chi connectivity index (χ2v) is 6.04. The number of rotatable bonds is 7. The Kier molecular flexibility index (Phi) is 5.40. The fourth-order valence-electron chi connectivity index (χ4n) is 2.68. The molecule has 1 aromatic carbocycles. The molecule has 3 rings (SSSR count). The first kappa shape index (κ1) is 17.5. The highest BCUT2D eigenvalue weighted by Gasteiger charge is 2.15. The van der Waals surface area contributed by atoms with Gasteiger partial charge in [-0.1, -0.05) is 17.7 Å². The van der Waals surface area contributed by atoms with E-state index in [-0.39, 0.29) is 6.04 Å². The molecule has 0 unspecified atom stereocenters. The summed E-state index contributed by atoms with van der Waals surface area (Å²) in [5.74, 6) is 2.07. The number of benzene rings is 1. The first-order chi connectivity index (χ1) is 12.1. The molecule has 0 aliphatic carbocycles. The van der Waals surface area contributed by atoms with E-state index in [4.69, 9.17) is 21.1 Å². The number of methoxy groups -OCH3 is 1. The van der Waals surface area contributed by atoms with E-state index < -0.39 is 0 Å². The van der Waals surface area contributed by atoms with Crippen molar-refractivity contribution in [2.75, 3.05) is 13.7 Å². The van der Waals surface area contributed by atoms with E-state index in [0.717, 1.165) is 17.0 Å². The fourth-order valence-corrected chi connectivity index (χ4v) is 2.96. The number of hydrogen-bond donors (Lipinski definition) is 1. The van der Waals surface area contributed by atoms with Crippen molar-refractivity contribution in [3.8, 4) is 11.5 Å². The van der Waals surface area contributed by atoms with Gasteiger partial charge in [-0.3, -0.25) is 4.40 Å². The Bertz CT molecular complexity index is 865. The minimum Gasteiger partial charge on any atom is -0.493 e. The van der Waals surface area contributed by atoms with Crippen molar-refractivity contribution in [3.05, 3.63) is 52.9 Å². The van der Waals surface area contributed by atoms with Gasteiger partial charge >= 0.3 is 0 Å². The molecule has 2 aromatic heterocycles. The summed E-state index contributed by atoms with van der Waals surface area (Å²) in [6.45, 7) is 5.11. The maximum Gasteiger partial charge on any atom is 0.179 e. The van der Waals surface area contributed by atoms with Gasteiger partial charge in [0.25, 0.3) is 0 Å². The Balaban J connectivity index is 1.76. The van der Waals surface area contributed by atoms with Crippen molar-refractivity contribution in [1.29, 1.82) is 0 Å². The number of nitrogens with zero attached hydrogens (tertiary/aromatic N) is 3. The van der Waals surface area contributed by atoms with E-state index in [1.807, 2.05) is 47.9 Å². The van der Waals surface area contributed by atoms with Gasteiger partial charge < -0.3 is 14.8 Å². The second-order valence-electron chi connectivity index (χ2n) is 5.63. The third kappa shape index (κ3) is 3.70. The molecule has 0 amide bonds. The van der Waals surface area contributed by atoms with Gasteiger partial charge in [0.1, 0.15) is 0 Å². The van der Waals surface area contributed by atoms with Crippen LogP contribution < -0.4 is 14.8 Å². The third-order valence-electron chi connectivity index (χ3n) is 3.92. The molecule has 0 bridgehead atoms. The van der Waals surface area contributed by atoms with Gasteiger partial charge in [0.15, 0.2) is 23.0 Å². The zero-order chi connectivity index (χ0) is 17.8. The maximum atomic E-state index is 6.33. The van der Waals surface area contributed by atoms with Gasteiger partial charge in [0.2, 0.25) is 0 Å². The smallest absolute Gasteiger partial charge is 0.179 e. The van der Waals surface area contributed by atoms with Crippen LogP contribution in [-0.4, -0.2) is 28.3 Å². The summed E-state index contributed by atoms with van der Waals surface area (Å²) in [6.07, 6.45) is 1.96. The highest BCUT2D eigenvalue weighted by Crippen LogP contribution is 2.36. The van der Waals surface area contributed by atoms with Crippen LogP contribution in [0.2, 0.25) is 5.02 Å². The molecule has 7 heteroatoms. The largest absolute Gasteiger partial charge is 0.493 e. The lowest BCUT2D eigenvalue weighted by atomic mass is 10.2. The highest BCUT2D eigenvalue weighted by molar-refractivity contribution is 6.32. The van der Waals surface area contributed by atoms with Crippen molar-refractivity contribution < 1.29 is 9.47 Å². The molecule has 1 atom stereocenters. The first-order valence-corrected chi connectivity index (χ1v) is 8.54. The van der Waals surface area contributed by atoms with Crippen LogP contribution in [0.4, 0.5) is 0 Å². The van der Waals surface area contributed by atoms with Crippen LogP contribution in [0.5, 0.6) is 11.5 Å². The normalized spacial score (nSPS) is 12.3. The number of hydrogen-bond acceptors (Lipinski definition) is 5. The Hall–Kier alpha value is -2.31. The molecule has 132 valence electrons. The summed E-state index contributed by atoms with van der Waals surface area (Å²) in [7, 11) is 1.61. The Morgan fingerprint density at radius 1 is 1.28 bits per heavy atom. The van der Waals surface area contributed by atoms with Crippen LogP contribution >= 0.6 is 11.6 Å². The van der Waals surface area contributed by atoms with E-state index in [1.165, 1.54) is 0 Å². The zero-order valence-corrected chi connectivity index (χ0v) is 15.2. The number of pyridine rings is 1. The van der Waals surface area contributed by atoms with Crippen LogP contribution in [-0.2, 0) is 6.54 Å². The molecule has 0 saturated heterocycles. The summed E-state index contributed by atoms with van der Waals surface area (Å²) in [4.78, 5) is 0. The van der Waals surface area contributed by atoms with Crippen LogP contribution in [0.15, 0.2) is 36.5 Å². The number of halogens is 1. The minimum atomic E-state index is 0.0220. The van der Waals surface area contributed by atoms with Gasteiger partial charge in [-0.15, -0.1) is 10.2 Å². The summed E-state index contributed by atoms with van der Waals surface area (Å²) >= 11 is 6.33. The van der Waals surface area contributed by atoms with Crippen LogP contribution in [0, 0.1) is 0 Å². The number of aromatic nitrogens is 3. The lowest BCUT2D eigenvalue weighted by Crippen LogP contribution is -2.20. The molecule has 6 nitrogen and oxygen atoms in total. The maximum absolute atomic E-state index is 6.33. The Labute approximate surface area is 151 Å². The predicted molar refractivity (Wildman–Crippen MR) is 97.4 cm³/mol. The second kappa shape index (κ2) is 7.72. The van der Waals surface area contributed by atoms with E-state index >= 15 is 0 Å². The van der Waals surface area contributed by atoms with Crippen LogP contribution in [0.25, 0.3) is 5.65 Å². The summed E-state index contributed by atoms with van der Waals surface area (Å²) in [5.41, 5.74) is 1.84. The van der Waals surface area contributed by atoms with Crippen molar-refractivity contribution in [2.45, 2.75) is 26.4 Å². The summed E-state index contributed by atoms with van der Waals surface area (Å²) < 4.78 is 12.9. The van der Waals surface area contributed by atoms with Gasteiger partial charge in [-0.2, -0.15) is 0 Å². The quantitative estimate of drug-likeness (QED) is 0.697. The van der Waals surface area contributed by atoms with Crippen LogP contribution in [0.1, 0.15) is 31.3 Å². The molecule has 25 heavy (non-hydrogen) atoms. The molecular formula is C18H21ClN4O2. The third-order valence-corrected chi connectivity index (χ3v) is 4.20. The molecule has 2 heterocycles. The molecule has 1 N–H and O–H groups in total. The Morgan fingerprint density at radius 2 is 2.12 bits per heavy atom. The van der Waals surface area contributed by atoms with E-state index in [0.29, 0.717) is 29.7 Å². The highest BCUT2D eigenvalue weighted by atomic mass is 35.5. The molecule has 0 spiro atoms. The van der Waals surface area contributed by atoms with Gasteiger partial charge in [0, 0.05) is 12.7 Å². The molecule has 0 aliphatic rings. The van der Waals surface area contributed by atoms with Crippen molar-refractivity contribution in [2.24, 2.45) is 0 Å².